The topological polar surface area (TPSA) is 71.4 Å². The molecule has 0 fully saturated rings. The van der Waals surface area contributed by atoms with Gasteiger partial charge < -0.3 is 4.57 Å². The van der Waals surface area contributed by atoms with Crippen LogP contribution in [0.25, 0.3) is 0 Å². The molecule has 2 aromatic rings. The summed E-state index contributed by atoms with van der Waals surface area (Å²) in [6.07, 6.45) is 1.54. The smallest absolute Gasteiger partial charge is 0.301 e. The van der Waals surface area contributed by atoms with Gasteiger partial charge in [0, 0.05) is 20.3 Å². The van der Waals surface area contributed by atoms with Gasteiger partial charge in [-0.1, -0.05) is 12.1 Å². The zero-order valence-electron chi connectivity index (χ0n) is 12.2. The van der Waals surface area contributed by atoms with E-state index < -0.39 is 15.8 Å². The summed E-state index contributed by atoms with van der Waals surface area (Å²) in [7, 11) is -1.02. The van der Waals surface area contributed by atoms with Gasteiger partial charge in [-0.3, -0.25) is 9.52 Å². The Morgan fingerprint density at radius 2 is 1.82 bits per heavy atom. The fraction of sp³-hybridized carbons (Fsp3) is 0.214. The van der Waals surface area contributed by atoms with E-state index in [0.29, 0.717) is 0 Å². The van der Waals surface area contributed by atoms with Gasteiger partial charge >= 0.3 is 10.2 Å². The van der Waals surface area contributed by atoms with Crippen LogP contribution in [0.15, 0.2) is 47.4 Å². The summed E-state index contributed by atoms with van der Waals surface area (Å²) >= 11 is 0. The maximum absolute atomic E-state index is 12.9. The second kappa shape index (κ2) is 6.29. The first-order valence-electron chi connectivity index (χ1n) is 6.44. The van der Waals surface area contributed by atoms with Crippen LogP contribution in [-0.2, 0) is 16.8 Å². The molecule has 2 rings (SSSR count). The first-order valence-corrected chi connectivity index (χ1v) is 7.88. The first kappa shape index (κ1) is 16.2. The van der Waals surface area contributed by atoms with Gasteiger partial charge in [0.05, 0.1) is 6.54 Å². The molecule has 22 heavy (non-hydrogen) atoms. The minimum Gasteiger partial charge on any atom is -0.309 e. The van der Waals surface area contributed by atoms with Gasteiger partial charge in [-0.15, -0.1) is 0 Å². The van der Waals surface area contributed by atoms with Crippen LogP contribution in [-0.4, -0.2) is 31.4 Å². The number of halogens is 1. The van der Waals surface area contributed by atoms with Gasteiger partial charge in [0.2, 0.25) is 0 Å². The second-order valence-electron chi connectivity index (χ2n) is 4.87. The molecule has 0 spiro atoms. The highest BCUT2D eigenvalue weighted by molar-refractivity contribution is 7.90. The zero-order chi connectivity index (χ0) is 16.3. The van der Waals surface area contributed by atoms with E-state index in [1.807, 2.05) is 0 Å². The lowest BCUT2D eigenvalue weighted by Crippen LogP contribution is -2.32. The Labute approximate surface area is 128 Å². The normalized spacial score (nSPS) is 11.6. The van der Waals surface area contributed by atoms with E-state index >= 15 is 0 Å². The van der Waals surface area contributed by atoms with Crippen molar-refractivity contribution in [3.63, 3.8) is 0 Å². The molecule has 1 aromatic carbocycles. The van der Waals surface area contributed by atoms with Crippen LogP contribution < -0.4 is 10.3 Å². The number of rotatable bonds is 5. The van der Waals surface area contributed by atoms with Crippen LogP contribution >= 0.6 is 0 Å². The molecule has 0 amide bonds. The summed E-state index contributed by atoms with van der Waals surface area (Å²) in [6, 6.07) is 8.71. The monoisotopic (exact) mass is 325 g/mol. The molecule has 0 aliphatic heterocycles. The van der Waals surface area contributed by atoms with Crippen molar-refractivity contribution in [2.45, 2.75) is 6.54 Å². The number of hydrogen-bond donors (Lipinski definition) is 1. The van der Waals surface area contributed by atoms with E-state index in [9.17, 15) is 17.6 Å². The highest BCUT2D eigenvalue weighted by Gasteiger charge is 2.15. The Hall–Kier alpha value is -2.19. The zero-order valence-corrected chi connectivity index (χ0v) is 13.0. The third kappa shape index (κ3) is 3.71. The van der Waals surface area contributed by atoms with Crippen molar-refractivity contribution >= 4 is 15.9 Å². The SMILES string of the molecule is CN(C)S(=O)(=O)Nc1cccn(Cc2ccc(F)cc2)c1=O. The summed E-state index contributed by atoms with van der Waals surface area (Å²) in [5, 5.41) is 0. The van der Waals surface area contributed by atoms with Gasteiger partial charge in [-0.05, 0) is 29.8 Å². The Balaban J connectivity index is 2.30. The summed E-state index contributed by atoms with van der Waals surface area (Å²) in [5.74, 6) is -0.358. The highest BCUT2D eigenvalue weighted by atomic mass is 32.2. The standard InChI is InChI=1S/C14H16FN3O3S/c1-17(2)22(20,21)16-13-4-3-9-18(14(13)19)10-11-5-7-12(15)8-6-11/h3-9,16H,10H2,1-2H3. The lowest BCUT2D eigenvalue weighted by atomic mass is 10.2. The van der Waals surface area contributed by atoms with Gasteiger partial charge in [0.15, 0.2) is 0 Å². The van der Waals surface area contributed by atoms with Crippen molar-refractivity contribution in [3.8, 4) is 0 Å². The highest BCUT2D eigenvalue weighted by Crippen LogP contribution is 2.07. The maximum atomic E-state index is 12.9. The quantitative estimate of drug-likeness (QED) is 0.899. The summed E-state index contributed by atoms with van der Waals surface area (Å²) in [4.78, 5) is 12.3. The van der Waals surface area contributed by atoms with Crippen molar-refractivity contribution in [2.75, 3.05) is 18.8 Å². The van der Waals surface area contributed by atoms with Crippen molar-refractivity contribution in [1.29, 1.82) is 0 Å². The molecule has 0 saturated heterocycles. The molecule has 0 unspecified atom stereocenters. The van der Waals surface area contributed by atoms with Crippen LogP contribution in [0.3, 0.4) is 0 Å². The minimum atomic E-state index is -3.75. The van der Waals surface area contributed by atoms with E-state index in [1.165, 1.54) is 36.9 Å². The Kier molecular flexibility index (Phi) is 4.62. The van der Waals surface area contributed by atoms with Gasteiger partial charge in [0.1, 0.15) is 11.5 Å². The molecule has 1 heterocycles. The molecule has 0 bridgehead atoms. The number of anilines is 1. The third-order valence-corrected chi connectivity index (χ3v) is 4.45. The van der Waals surface area contributed by atoms with E-state index in [1.54, 1.807) is 24.4 Å². The maximum Gasteiger partial charge on any atom is 0.301 e. The fourth-order valence-corrected chi connectivity index (χ4v) is 2.37. The molecule has 1 aromatic heterocycles. The molecule has 0 saturated carbocycles. The first-order chi connectivity index (χ1) is 10.3. The third-order valence-electron chi connectivity index (χ3n) is 3.01. The molecule has 0 aliphatic carbocycles. The molecule has 0 aliphatic rings. The Morgan fingerprint density at radius 1 is 1.18 bits per heavy atom. The van der Waals surface area contributed by atoms with Crippen LogP contribution in [0.2, 0.25) is 0 Å². The molecule has 1 N–H and O–H groups in total. The van der Waals surface area contributed by atoms with Crippen molar-refractivity contribution in [2.24, 2.45) is 0 Å². The number of pyridine rings is 1. The fourth-order valence-electron chi connectivity index (χ4n) is 1.76. The summed E-state index contributed by atoms with van der Waals surface area (Å²) in [6.45, 7) is 0.219. The van der Waals surface area contributed by atoms with Gasteiger partial charge in [0.25, 0.3) is 5.56 Å². The van der Waals surface area contributed by atoms with E-state index in [4.69, 9.17) is 0 Å². The molecular weight excluding hydrogens is 309 g/mol. The molecule has 118 valence electrons. The number of benzene rings is 1. The van der Waals surface area contributed by atoms with E-state index in [0.717, 1.165) is 9.87 Å². The largest absolute Gasteiger partial charge is 0.309 e. The van der Waals surface area contributed by atoms with Crippen LogP contribution in [0, 0.1) is 5.82 Å². The predicted octanol–water partition coefficient (Wildman–Crippen LogP) is 1.25. The molecule has 0 radical (unpaired) electrons. The Bertz CT molecular complexity index is 814. The van der Waals surface area contributed by atoms with Crippen molar-refractivity contribution in [3.05, 3.63) is 64.3 Å². The summed E-state index contributed by atoms with van der Waals surface area (Å²) in [5.41, 5.74) is 0.215. The van der Waals surface area contributed by atoms with E-state index in [-0.39, 0.29) is 18.0 Å². The molecule has 6 nitrogen and oxygen atoms in total. The second-order valence-corrected chi connectivity index (χ2v) is 6.76. The van der Waals surface area contributed by atoms with Crippen LogP contribution in [0.4, 0.5) is 10.1 Å². The van der Waals surface area contributed by atoms with Gasteiger partial charge in [-0.2, -0.15) is 12.7 Å². The number of aromatic nitrogens is 1. The average Bonchev–Trinajstić information content (AvgIpc) is 2.45. The van der Waals surface area contributed by atoms with Crippen LogP contribution in [0.1, 0.15) is 5.56 Å². The molecule has 8 heteroatoms. The van der Waals surface area contributed by atoms with Crippen molar-refractivity contribution in [1.82, 2.24) is 8.87 Å². The van der Waals surface area contributed by atoms with Gasteiger partial charge in [-0.25, -0.2) is 4.39 Å². The molecular formula is C14H16FN3O3S. The number of nitrogens with one attached hydrogen (secondary N) is 1. The minimum absolute atomic E-state index is 0.0432. The lowest BCUT2D eigenvalue weighted by molar-refractivity contribution is 0.526. The van der Waals surface area contributed by atoms with Crippen molar-refractivity contribution < 1.29 is 12.8 Å². The Morgan fingerprint density at radius 3 is 2.41 bits per heavy atom. The number of hydrogen-bond acceptors (Lipinski definition) is 3. The predicted molar refractivity (Wildman–Crippen MR) is 82.4 cm³/mol. The number of nitrogens with zero attached hydrogens (tertiary/aromatic N) is 2. The van der Waals surface area contributed by atoms with E-state index in [2.05, 4.69) is 4.72 Å². The van der Waals surface area contributed by atoms with Crippen LogP contribution in [0.5, 0.6) is 0 Å². The molecule has 0 atom stereocenters. The lowest BCUT2D eigenvalue weighted by Gasteiger charge is -2.14. The average molecular weight is 325 g/mol. The summed E-state index contributed by atoms with van der Waals surface area (Å²) < 4.78 is 41.0.